The fourth-order valence-electron chi connectivity index (χ4n) is 2.91. The molecule has 0 spiro atoms. The van der Waals surface area contributed by atoms with Crippen LogP contribution in [0.3, 0.4) is 0 Å². The summed E-state index contributed by atoms with van der Waals surface area (Å²) in [6.45, 7) is 0.328. The molecule has 6 heteroatoms. The lowest BCUT2D eigenvalue weighted by Crippen LogP contribution is -2.32. The van der Waals surface area contributed by atoms with Crippen molar-refractivity contribution in [3.05, 3.63) is 63.7 Å². The number of nitrogens with zero attached hydrogens (tertiary/aromatic N) is 2. The molecule has 1 amide bonds. The maximum Gasteiger partial charge on any atom is 0.263 e. The molecular weight excluding hydrogens is 304 g/mol. The van der Waals surface area contributed by atoms with Crippen molar-refractivity contribution in [2.75, 3.05) is 0 Å². The van der Waals surface area contributed by atoms with Gasteiger partial charge in [-0.15, -0.1) is 0 Å². The number of carbonyl (C=O) groups excluding carboxylic acids is 1. The van der Waals surface area contributed by atoms with Crippen LogP contribution < -0.4 is 10.9 Å². The van der Waals surface area contributed by atoms with E-state index >= 15 is 0 Å². The van der Waals surface area contributed by atoms with Gasteiger partial charge in [0.25, 0.3) is 11.5 Å². The monoisotopic (exact) mass is 322 g/mol. The second-order valence-electron chi connectivity index (χ2n) is 6.26. The molecule has 4 rings (SSSR count). The normalized spacial score (nSPS) is 14.0. The third-order valence-electron chi connectivity index (χ3n) is 4.46. The minimum Gasteiger partial charge on any atom is -0.346 e. The summed E-state index contributed by atoms with van der Waals surface area (Å²) in [4.78, 5) is 24.8. The number of H-pyrrole nitrogens is 1. The molecule has 1 aromatic carbocycles. The molecule has 0 saturated heterocycles. The van der Waals surface area contributed by atoms with Crippen molar-refractivity contribution in [3.63, 3.8) is 0 Å². The Bertz CT molecular complexity index is 982. The zero-order valence-electron chi connectivity index (χ0n) is 13.4. The fourth-order valence-corrected chi connectivity index (χ4v) is 2.91. The van der Waals surface area contributed by atoms with Crippen LogP contribution in [0.5, 0.6) is 0 Å². The van der Waals surface area contributed by atoms with Crippen LogP contribution in [0.25, 0.3) is 10.9 Å². The van der Waals surface area contributed by atoms with Crippen LogP contribution in [0.1, 0.15) is 40.5 Å². The van der Waals surface area contributed by atoms with Gasteiger partial charge in [-0.05, 0) is 36.4 Å². The SMILES string of the molecule is Cn1c(=O)c(C(=O)NCc2cc(C3CC3)n[nH]2)cc2ccccc21. The highest BCUT2D eigenvalue weighted by Crippen LogP contribution is 2.38. The van der Waals surface area contributed by atoms with Crippen molar-refractivity contribution in [1.82, 2.24) is 20.1 Å². The van der Waals surface area contributed by atoms with Crippen molar-refractivity contribution >= 4 is 16.8 Å². The second-order valence-corrected chi connectivity index (χ2v) is 6.26. The van der Waals surface area contributed by atoms with Crippen LogP contribution in [0.15, 0.2) is 41.2 Å². The molecule has 6 nitrogen and oxygen atoms in total. The predicted octanol–water partition coefficient (Wildman–Crippen LogP) is 2.07. The highest BCUT2D eigenvalue weighted by Gasteiger charge is 2.26. The van der Waals surface area contributed by atoms with Crippen LogP contribution in [-0.2, 0) is 13.6 Å². The van der Waals surface area contributed by atoms with Gasteiger partial charge in [0.2, 0.25) is 0 Å². The number of amides is 1. The van der Waals surface area contributed by atoms with Gasteiger partial charge in [0.15, 0.2) is 0 Å². The zero-order chi connectivity index (χ0) is 16.7. The molecule has 0 radical (unpaired) electrons. The lowest BCUT2D eigenvalue weighted by Gasteiger charge is -2.08. The molecule has 1 saturated carbocycles. The fraction of sp³-hybridized carbons (Fsp3) is 0.278. The number of carbonyl (C=O) groups is 1. The van der Waals surface area contributed by atoms with Gasteiger partial charge in [-0.2, -0.15) is 5.10 Å². The number of fused-ring (bicyclic) bond motifs is 1. The van der Waals surface area contributed by atoms with E-state index in [0.717, 1.165) is 22.3 Å². The van der Waals surface area contributed by atoms with E-state index in [2.05, 4.69) is 15.5 Å². The summed E-state index contributed by atoms with van der Waals surface area (Å²) in [6.07, 6.45) is 2.37. The summed E-state index contributed by atoms with van der Waals surface area (Å²) < 4.78 is 1.51. The number of aryl methyl sites for hydroxylation is 1. The van der Waals surface area contributed by atoms with Crippen molar-refractivity contribution in [3.8, 4) is 0 Å². The number of aromatic amines is 1. The number of rotatable bonds is 4. The number of hydrogen-bond donors (Lipinski definition) is 2. The highest BCUT2D eigenvalue weighted by molar-refractivity contribution is 5.97. The Hall–Kier alpha value is -2.89. The number of pyridine rings is 1. The van der Waals surface area contributed by atoms with Gasteiger partial charge in [0, 0.05) is 13.0 Å². The Morgan fingerprint density at radius 1 is 1.33 bits per heavy atom. The van der Waals surface area contributed by atoms with Crippen molar-refractivity contribution in [2.24, 2.45) is 7.05 Å². The Kier molecular flexibility index (Phi) is 3.45. The molecule has 1 aliphatic rings. The van der Waals surface area contributed by atoms with E-state index in [4.69, 9.17) is 0 Å². The Morgan fingerprint density at radius 3 is 2.92 bits per heavy atom. The number of nitrogens with one attached hydrogen (secondary N) is 2. The van der Waals surface area contributed by atoms with Crippen molar-refractivity contribution in [2.45, 2.75) is 25.3 Å². The van der Waals surface area contributed by atoms with Gasteiger partial charge in [-0.3, -0.25) is 14.7 Å². The molecule has 3 aromatic rings. The Labute approximate surface area is 138 Å². The van der Waals surface area contributed by atoms with Gasteiger partial charge in [0.1, 0.15) is 5.56 Å². The average Bonchev–Trinajstić information content (AvgIpc) is 3.34. The number of benzene rings is 1. The summed E-state index contributed by atoms with van der Waals surface area (Å²) in [7, 11) is 1.68. The molecule has 1 fully saturated rings. The summed E-state index contributed by atoms with van der Waals surface area (Å²) >= 11 is 0. The van der Waals surface area contributed by atoms with Crippen LogP contribution in [0.4, 0.5) is 0 Å². The Morgan fingerprint density at radius 2 is 2.12 bits per heavy atom. The quantitative estimate of drug-likeness (QED) is 0.772. The van der Waals surface area contributed by atoms with E-state index in [1.54, 1.807) is 13.1 Å². The maximum atomic E-state index is 12.4. The van der Waals surface area contributed by atoms with Crippen LogP contribution >= 0.6 is 0 Å². The molecule has 0 atom stereocenters. The number of para-hydroxylation sites is 1. The first kappa shape index (κ1) is 14.7. The minimum atomic E-state index is -0.371. The van der Waals surface area contributed by atoms with Gasteiger partial charge in [0.05, 0.1) is 23.4 Å². The van der Waals surface area contributed by atoms with E-state index in [-0.39, 0.29) is 17.0 Å². The van der Waals surface area contributed by atoms with Crippen LogP contribution in [-0.4, -0.2) is 20.7 Å². The molecule has 2 N–H and O–H groups in total. The summed E-state index contributed by atoms with van der Waals surface area (Å²) in [5.41, 5.74) is 2.57. The average molecular weight is 322 g/mol. The molecule has 0 aliphatic heterocycles. The molecular formula is C18H18N4O2. The van der Waals surface area contributed by atoms with E-state index in [1.807, 2.05) is 30.3 Å². The minimum absolute atomic E-state index is 0.151. The third-order valence-corrected chi connectivity index (χ3v) is 4.46. The van der Waals surface area contributed by atoms with E-state index in [0.29, 0.717) is 12.5 Å². The van der Waals surface area contributed by atoms with Gasteiger partial charge in [-0.25, -0.2) is 0 Å². The summed E-state index contributed by atoms with van der Waals surface area (Å²) in [6, 6.07) is 11.1. The lowest BCUT2D eigenvalue weighted by atomic mass is 10.1. The zero-order valence-corrected chi connectivity index (χ0v) is 13.4. The molecule has 122 valence electrons. The standard InChI is InChI=1S/C18H18N4O2/c1-22-16-5-3-2-4-12(16)8-14(18(22)24)17(23)19-10-13-9-15(21-20-13)11-6-7-11/h2-5,8-9,11H,6-7,10H2,1H3,(H,19,23)(H,20,21). The molecule has 1 aliphatic carbocycles. The maximum absolute atomic E-state index is 12.4. The highest BCUT2D eigenvalue weighted by atomic mass is 16.2. The molecule has 24 heavy (non-hydrogen) atoms. The first-order valence-electron chi connectivity index (χ1n) is 8.04. The first-order valence-corrected chi connectivity index (χ1v) is 8.04. The van der Waals surface area contributed by atoms with E-state index < -0.39 is 0 Å². The van der Waals surface area contributed by atoms with Crippen molar-refractivity contribution in [1.29, 1.82) is 0 Å². The lowest BCUT2D eigenvalue weighted by molar-refractivity contribution is 0.0948. The third kappa shape index (κ3) is 2.60. The molecule has 2 aromatic heterocycles. The van der Waals surface area contributed by atoms with Crippen LogP contribution in [0, 0.1) is 0 Å². The van der Waals surface area contributed by atoms with E-state index in [9.17, 15) is 9.59 Å². The largest absolute Gasteiger partial charge is 0.346 e. The van der Waals surface area contributed by atoms with Gasteiger partial charge < -0.3 is 9.88 Å². The molecule has 0 bridgehead atoms. The van der Waals surface area contributed by atoms with Gasteiger partial charge in [-0.1, -0.05) is 18.2 Å². The second kappa shape index (κ2) is 5.63. The summed E-state index contributed by atoms with van der Waals surface area (Å²) in [5.74, 6) is 0.197. The van der Waals surface area contributed by atoms with E-state index in [1.165, 1.54) is 17.4 Å². The number of hydrogen-bond acceptors (Lipinski definition) is 3. The Balaban J connectivity index is 1.56. The first-order chi connectivity index (χ1) is 11.6. The number of aromatic nitrogens is 3. The smallest absolute Gasteiger partial charge is 0.263 e. The van der Waals surface area contributed by atoms with Crippen LogP contribution in [0.2, 0.25) is 0 Å². The van der Waals surface area contributed by atoms with Crippen molar-refractivity contribution < 1.29 is 4.79 Å². The topological polar surface area (TPSA) is 79.8 Å². The predicted molar refractivity (Wildman–Crippen MR) is 90.9 cm³/mol. The molecule has 2 heterocycles. The summed E-state index contributed by atoms with van der Waals surface area (Å²) in [5, 5.41) is 10.9. The molecule has 0 unspecified atom stereocenters. The van der Waals surface area contributed by atoms with Gasteiger partial charge >= 0.3 is 0 Å².